The predicted octanol–water partition coefficient (Wildman–Crippen LogP) is -0.975. The lowest BCUT2D eigenvalue weighted by Gasteiger charge is -2.24. The zero-order chi connectivity index (χ0) is 27.2. The van der Waals surface area contributed by atoms with E-state index in [0.29, 0.717) is 17.5 Å². The lowest BCUT2D eigenvalue weighted by molar-refractivity contribution is -0.187. The quantitative estimate of drug-likeness (QED) is 0.0396. The van der Waals surface area contributed by atoms with Crippen LogP contribution in [-0.2, 0) is 18.9 Å². The molecule has 204 valence electrons. The zero-order valence-electron chi connectivity index (χ0n) is 19.7. The highest BCUT2D eigenvalue weighted by molar-refractivity contribution is 7.31. The smallest absolute Gasteiger partial charge is 0.253 e. The van der Waals surface area contributed by atoms with Gasteiger partial charge in [0.1, 0.15) is 35.8 Å². The molecule has 0 aliphatic carbocycles. The van der Waals surface area contributed by atoms with Gasteiger partial charge in [-0.1, -0.05) is 0 Å². The van der Waals surface area contributed by atoms with E-state index in [2.05, 4.69) is 10.6 Å². The third-order valence-electron chi connectivity index (χ3n) is 4.79. The zero-order valence-corrected chi connectivity index (χ0v) is 20.7. The Morgan fingerprint density at radius 2 is 1.68 bits per heavy atom. The number of aliphatic hydroxyl groups excluding tert-OH is 3. The second-order valence-corrected chi connectivity index (χ2v) is 8.20. The summed E-state index contributed by atoms with van der Waals surface area (Å²) in [6.07, 6.45) is -1.41. The van der Waals surface area contributed by atoms with Gasteiger partial charge in [-0.25, -0.2) is 0 Å². The average Bonchev–Trinajstić information content (AvgIpc) is 2.92. The van der Waals surface area contributed by atoms with Crippen molar-refractivity contribution in [2.75, 3.05) is 50.6 Å². The monoisotopic (exact) mass is 543 g/mol. The van der Waals surface area contributed by atoms with Gasteiger partial charge in [0.25, 0.3) is 16.8 Å². The number of hydrogen-bond donors (Lipinski definition) is 7. The molecular formula is C22H30N3O11P. The molecule has 14 nitrogen and oxygen atoms in total. The fraction of sp³-hybridized carbons (Fsp3) is 0.409. The Balaban J connectivity index is 1.55. The summed E-state index contributed by atoms with van der Waals surface area (Å²) in [6.45, 7) is 1.08. The molecule has 0 aromatic heterocycles. The Bertz CT molecular complexity index is 1070. The number of rotatable bonds is 18. The van der Waals surface area contributed by atoms with E-state index >= 15 is 0 Å². The summed E-state index contributed by atoms with van der Waals surface area (Å²) >= 11 is 0. The number of nitrogen functional groups attached to an aromatic ring is 1. The van der Waals surface area contributed by atoms with Gasteiger partial charge in [0.05, 0.1) is 33.0 Å². The van der Waals surface area contributed by atoms with E-state index in [-0.39, 0.29) is 56.9 Å². The molecule has 0 heterocycles. The van der Waals surface area contributed by atoms with Gasteiger partial charge in [-0.15, -0.1) is 0 Å². The molecule has 2 aromatic rings. The predicted molar refractivity (Wildman–Crippen MR) is 135 cm³/mol. The highest BCUT2D eigenvalue weighted by Crippen LogP contribution is 2.19. The van der Waals surface area contributed by atoms with Crippen molar-refractivity contribution in [3.05, 3.63) is 62.8 Å². The van der Waals surface area contributed by atoms with Crippen molar-refractivity contribution >= 4 is 31.8 Å². The van der Waals surface area contributed by atoms with Crippen LogP contribution in [0.5, 0.6) is 0 Å². The van der Waals surface area contributed by atoms with Crippen LogP contribution in [0.3, 0.4) is 0 Å². The van der Waals surface area contributed by atoms with E-state index in [4.69, 9.17) is 34.7 Å². The molecule has 0 aliphatic heterocycles. The number of carbonyl (C=O) groups excluding carboxylic acids is 1. The normalized spacial score (nSPS) is 14.2. The Morgan fingerprint density at radius 3 is 2.30 bits per heavy atom. The summed E-state index contributed by atoms with van der Waals surface area (Å²) in [5, 5.41) is 33.4. The molecule has 15 heteroatoms. The third kappa shape index (κ3) is 9.37. The summed E-state index contributed by atoms with van der Waals surface area (Å²) in [7, 11) is -0.940. The van der Waals surface area contributed by atoms with Gasteiger partial charge >= 0.3 is 0 Å². The first-order valence-electron chi connectivity index (χ1n) is 11.0. The summed E-state index contributed by atoms with van der Waals surface area (Å²) in [5.74, 6) is -1.78. The minimum absolute atomic E-state index is 0.00790. The molecule has 4 atom stereocenters. The molecule has 0 spiro atoms. The van der Waals surface area contributed by atoms with Gasteiger partial charge in [0.15, 0.2) is 0 Å². The first-order chi connectivity index (χ1) is 17.8. The minimum atomic E-state index is -1.53. The molecule has 0 saturated heterocycles. The van der Waals surface area contributed by atoms with Crippen LogP contribution in [0.15, 0.2) is 46.4 Å². The summed E-state index contributed by atoms with van der Waals surface area (Å²) in [6, 6.07) is 6.26. The van der Waals surface area contributed by atoms with E-state index in [1.165, 1.54) is 0 Å². The van der Waals surface area contributed by atoms with E-state index in [1.807, 2.05) is 0 Å². The van der Waals surface area contributed by atoms with Crippen LogP contribution in [-0.4, -0.2) is 83.9 Å². The van der Waals surface area contributed by atoms with Crippen molar-refractivity contribution in [1.29, 1.82) is 0 Å². The molecule has 0 radical (unpaired) electrons. The molecule has 0 fully saturated rings. The molecule has 2 rings (SSSR count). The number of carbonyl (C=O) groups is 1. The number of anilines is 3. The van der Waals surface area contributed by atoms with Crippen LogP contribution in [0.25, 0.3) is 0 Å². The molecule has 8 N–H and O–H groups in total. The first kappa shape index (κ1) is 30.1. The van der Waals surface area contributed by atoms with Crippen molar-refractivity contribution in [3.8, 4) is 0 Å². The van der Waals surface area contributed by atoms with Gasteiger partial charge in [-0.2, -0.15) is 0 Å². The molecule has 0 aliphatic rings. The van der Waals surface area contributed by atoms with Crippen LogP contribution in [0.4, 0.5) is 17.1 Å². The lowest BCUT2D eigenvalue weighted by atomic mass is 10.1. The molecular weight excluding hydrogens is 513 g/mol. The van der Waals surface area contributed by atoms with Gasteiger partial charge in [-0.3, -0.25) is 14.4 Å². The highest BCUT2D eigenvalue weighted by Gasteiger charge is 2.28. The number of hydrogen-bond acceptors (Lipinski definition) is 13. The van der Waals surface area contributed by atoms with Crippen molar-refractivity contribution in [2.45, 2.75) is 18.2 Å². The number of nitrogens with one attached hydrogen (secondary N) is 2. The van der Waals surface area contributed by atoms with E-state index in [9.17, 15) is 24.6 Å². The largest absolute Gasteiger partial charge is 0.512 e. The Kier molecular flexibility index (Phi) is 12.9. The van der Waals surface area contributed by atoms with E-state index in [1.54, 1.807) is 24.3 Å². The van der Waals surface area contributed by atoms with Crippen molar-refractivity contribution in [3.63, 3.8) is 0 Å². The number of amides is 1. The van der Waals surface area contributed by atoms with Crippen LogP contribution < -0.4 is 27.2 Å². The number of ether oxygens (including phenoxy) is 4. The summed E-state index contributed by atoms with van der Waals surface area (Å²) in [4.78, 5) is 43.7. The Hall–Kier alpha value is -3.10. The van der Waals surface area contributed by atoms with Crippen LogP contribution in [0, 0.1) is 0 Å². The first-order valence-corrected chi connectivity index (χ1v) is 12.0. The van der Waals surface area contributed by atoms with Gasteiger partial charge in [0, 0.05) is 26.6 Å². The fourth-order valence-corrected chi connectivity index (χ4v) is 3.13. The standard InChI is InChI=1S/C22H30N3O11P/c23-15-16(18(28)17(15)27)25-14-3-1-13(2-4-14)20(30)24-5-7-33-9-10-34-11-12-36-22(35-8-6-26)19(29)21(31)37-32/h1-4,6,8,19,21-22,25-26,29,31-32,37H,5,7,9-12,23H2,(H,24,30)/b8-6-. The second kappa shape index (κ2) is 15.9. The maximum Gasteiger partial charge on any atom is 0.253 e. The number of benzene rings is 1. The maximum atomic E-state index is 12.2. The summed E-state index contributed by atoms with van der Waals surface area (Å²) in [5.41, 5.74) is 4.90. The van der Waals surface area contributed by atoms with Crippen LogP contribution in [0.2, 0.25) is 0 Å². The van der Waals surface area contributed by atoms with Gasteiger partial charge in [0.2, 0.25) is 6.29 Å². The van der Waals surface area contributed by atoms with Gasteiger partial charge in [-0.05, 0) is 24.3 Å². The van der Waals surface area contributed by atoms with Crippen molar-refractivity contribution in [1.82, 2.24) is 5.32 Å². The highest BCUT2D eigenvalue weighted by atomic mass is 31.1. The lowest BCUT2D eigenvalue weighted by Crippen LogP contribution is -2.38. The van der Waals surface area contributed by atoms with E-state index < -0.39 is 37.9 Å². The second-order valence-electron chi connectivity index (χ2n) is 7.35. The molecule has 4 unspecified atom stereocenters. The molecule has 0 bridgehead atoms. The molecule has 37 heavy (non-hydrogen) atoms. The summed E-state index contributed by atoms with van der Waals surface area (Å²) < 4.78 is 20.8. The minimum Gasteiger partial charge on any atom is -0.512 e. The van der Waals surface area contributed by atoms with E-state index in [0.717, 1.165) is 6.26 Å². The number of aliphatic hydroxyl groups is 3. The molecule has 2 aromatic carbocycles. The van der Waals surface area contributed by atoms with Gasteiger partial charge < -0.3 is 55.5 Å². The third-order valence-corrected chi connectivity index (χ3v) is 5.39. The molecule has 0 saturated carbocycles. The van der Waals surface area contributed by atoms with Crippen molar-refractivity contribution < 1.29 is 44.0 Å². The average molecular weight is 543 g/mol. The topological polar surface area (TPSA) is 219 Å². The molecule has 1 amide bonds. The van der Waals surface area contributed by atoms with Crippen LogP contribution >= 0.6 is 8.81 Å². The SMILES string of the molecule is Nc1c(Nc2ccc(C(=O)NCCOCCOCCOC(O/C=C\O)C(O)C(O)PO)cc2)c(=O)c1=O. The maximum absolute atomic E-state index is 12.2. The number of nitrogens with two attached hydrogens (primary N) is 1. The Labute approximate surface area is 213 Å². The Morgan fingerprint density at radius 1 is 1.03 bits per heavy atom. The van der Waals surface area contributed by atoms with Crippen LogP contribution in [0.1, 0.15) is 10.4 Å². The van der Waals surface area contributed by atoms with Crippen molar-refractivity contribution in [2.24, 2.45) is 0 Å². The fourth-order valence-electron chi connectivity index (χ4n) is 2.82.